The normalized spacial score (nSPS) is 11.2. The van der Waals surface area contributed by atoms with Crippen LogP contribution in [0.1, 0.15) is 0 Å². The summed E-state index contributed by atoms with van der Waals surface area (Å²) in [5, 5.41) is 8.47. The number of nitrogens with zero attached hydrogens (tertiary/aromatic N) is 4. The Morgan fingerprint density at radius 3 is 2.55 bits per heavy atom. The number of azo groups is 1. The Hall–Kier alpha value is -2.89. The lowest BCUT2D eigenvalue weighted by Gasteiger charge is -2.05. The average molecular weight is 296 g/mol. The van der Waals surface area contributed by atoms with Gasteiger partial charge in [0.05, 0.1) is 25.3 Å². The van der Waals surface area contributed by atoms with Crippen molar-refractivity contribution in [1.29, 1.82) is 0 Å². The van der Waals surface area contributed by atoms with Crippen molar-refractivity contribution in [2.45, 2.75) is 0 Å². The van der Waals surface area contributed by atoms with Crippen LogP contribution in [0.4, 0.5) is 11.6 Å². The third-order valence-corrected chi connectivity index (χ3v) is 3.40. The van der Waals surface area contributed by atoms with Gasteiger partial charge in [-0.3, -0.25) is 0 Å². The van der Waals surface area contributed by atoms with E-state index in [9.17, 15) is 0 Å². The molecule has 0 aliphatic rings. The zero-order chi connectivity index (χ0) is 15.5. The van der Waals surface area contributed by atoms with E-state index in [1.165, 1.54) is 0 Å². The molecule has 6 heteroatoms. The van der Waals surface area contributed by atoms with Crippen LogP contribution in [0.15, 0.2) is 52.7 Å². The van der Waals surface area contributed by atoms with Gasteiger partial charge in [0.2, 0.25) is 5.95 Å². The van der Waals surface area contributed by atoms with Crippen LogP contribution in [0.2, 0.25) is 0 Å². The molecule has 3 rings (SSSR count). The lowest BCUT2D eigenvalue weighted by Crippen LogP contribution is -1.87. The molecule has 0 bridgehead atoms. The number of hydrogen-bond acceptors (Lipinski definition) is 5. The number of fused-ring (bicyclic) bond motifs is 1. The van der Waals surface area contributed by atoms with Crippen molar-refractivity contribution in [3.8, 4) is 11.5 Å². The Bertz CT molecular complexity index is 839. The number of para-hydroxylation sites is 2. The van der Waals surface area contributed by atoms with Crippen molar-refractivity contribution in [2.24, 2.45) is 17.3 Å². The molecule has 0 N–H and O–H groups in total. The molecule has 0 fully saturated rings. The third kappa shape index (κ3) is 2.50. The van der Waals surface area contributed by atoms with Crippen molar-refractivity contribution in [2.75, 3.05) is 14.2 Å². The highest BCUT2D eigenvalue weighted by atomic mass is 16.5. The SMILES string of the molecule is COc1ccc(N=Nc2nc3ccccc3n2C)c(OC)c1. The number of hydrogen-bond donors (Lipinski definition) is 0. The van der Waals surface area contributed by atoms with Crippen molar-refractivity contribution >= 4 is 22.7 Å². The average Bonchev–Trinajstić information content (AvgIpc) is 2.89. The smallest absolute Gasteiger partial charge is 0.250 e. The number of aryl methyl sites for hydroxylation is 1. The maximum atomic E-state index is 5.30. The van der Waals surface area contributed by atoms with E-state index in [4.69, 9.17) is 9.47 Å². The van der Waals surface area contributed by atoms with Gasteiger partial charge in [-0.2, -0.15) is 0 Å². The summed E-state index contributed by atoms with van der Waals surface area (Å²) in [6.07, 6.45) is 0. The van der Waals surface area contributed by atoms with Crippen molar-refractivity contribution in [3.05, 3.63) is 42.5 Å². The van der Waals surface area contributed by atoms with Gasteiger partial charge in [0.25, 0.3) is 0 Å². The van der Waals surface area contributed by atoms with Gasteiger partial charge in [0.15, 0.2) is 0 Å². The van der Waals surface area contributed by atoms with Crippen molar-refractivity contribution < 1.29 is 9.47 Å². The number of methoxy groups -OCH3 is 2. The predicted octanol–water partition coefficient (Wildman–Crippen LogP) is 4.01. The monoisotopic (exact) mass is 296 g/mol. The van der Waals surface area contributed by atoms with Gasteiger partial charge >= 0.3 is 0 Å². The Balaban J connectivity index is 1.97. The predicted molar refractivity (Wildman–Crippen MR) is 84.4 cm³/mol. The molecule has 0 spiro atoms. The molecule has 22 heavy (non-hydrogen) atoms. The first kappa shape index (κ1) is 14.1. The molecule has 1 aromatic heterocycles. The number of rotatable bonds is 4. The van der Waals surface area contributed by atoms with E-state index in [0.717, 1.165) is 11.0 Å². The summed E-state index contributed by atoms with van der Waals surface area (Å²) in [7, 11) is 5.10. The molecule has 3 aromatic rings. The summed E-state index contributed by atoms with van der Waals surface area (Å²) in [4.78, 5) is 4.45. The summed E-state index contributed by atoms with van der Waals surface area (Å²) in [6, 6.07) is 13.2. The molecule has 0 saturated carbocycles. The lowest BCUT2D eigenvalue weighted by molar-refractivity contribution is 0.395. The highest BCUT2D eigenvalue weighted by Gasteiger charge is 2.07. The van der Waals surface area contributed by atoms with Crippen LogP contribution in [-0.4, -0.2) is 23.8 Å². The fourth-order valence-electron chi connectivity index (χ4n) is 2.19. The zero-order valence-corrected chi connectivity index (χ0v) is 12.6. The van der Waals surface area contributed by atoms with E-state index < -0.39 is 0 Å². The fraction of sp³-hybridized carbons (Fsp3) is 0.188. The molecule has 0 aliphatic heterocycles. The third-order valence-electron chi connectivity index (χ3n) is 3.40. The Kier molecular flexibility index (Phi) is 3.74. The van der Waals surface area contributed by atoms with Crippen LogP contribution in [0.25, 0.3) is 11.0 Å². The zero-order valence-electron chi connectivity index (χ0n) is 12.6. The van der Waals surface area contributed by atoms with Crippen LogP contribution in [0.5, 0.6) is 11.5 Å². The van der Waals surface area contributed by atoms with E-state index >= 15 is 0 Å². The molecule has 0 unspecified atom stereocenters. The first-order valence-electron chi connectivity index (χ1n) is 6.78. The fourth-order valence-corrected chi connectivity index (χ4v) is 2.19. The van der Waals surface area contributed by atoms with Crippen molar-refractivity contribution in [1.82, 2.24) is 9.55 Å². The van der Waals surface area contributed by atoms with Gasteiger partial charge in [-0.15, -0.1) is 10.2 Å². The molecule has 112 valence electrons. The lowest BCUT2D eigenvalue weighted by atomic mass is 10.3. The number of ether oxygens (including phenoxy) is 2. The van der Waals surface area contributed by atoms with Crippen LogP contribution in [-0.2, 0) is 7.05 Å². The maximum Gasteiger partial charge on any atom is 0.250 e. The van der Waals surface area contributed by atoms with E-state index in [2.05, 4.69) is 15.2 Å². The molecule has 0 saturated heterocycles. The van der Waals surface area contributed by atoms with Gasteiger partial charge in [0.1, 0.15) is 17.2 Å². The highest BCUT2D eigenvalue weighted by Crippen LogP contribution is 2.32. The molecule has 0 radical (unpaired) electrons. The standard InChI is InChI=1S/C16H16N4O2/c1-20-14-7-5-4-6-12(14)17-16(20)19-18-13-9-8-11(21-2)10-15(13)22-3/h4-10H,1-3H3. The maximum absolute atomic E-state index is 5.30. The summed E-state index contributed by atoms with van der Waals surface area (Å²) < 4.78 is 12.4. The number of aromatic nitrogens is 2. The van der Waals surface area contributed by atoms with Gasteiger partial charge < -0.3 is 14.0 Å². The quantitative estimate of drug-likeness (QED) is 0.683. The Morgan fingerprint density at radius 2 is 1.82 bits per heavy atom. The van der Waals surface area contributed by atoms with E-state index in [1.807, 2.05) is 41.9 Å². The second kappa shape index (κ2) is 5.85. The Labute approximate surface area is 128 Å². The van der Waals surface area contributed by atoms with Gasteiger partial charge in [-0.1, -0.05) is 12.1 Å². The topological polar surface area (TPSA) is 61.0 Å². The molecule has 0 amide bonds. The molecule has 0 atom stereocenters. The highest BCUT2D eigenvalue weighted by molar-refractivity contribution is 5.77. The van der Waals surface area contributed by atoms with Gasteiger partial charge in [-0.05, 0) is 24.3 Å². The first-order chi connectivity index (χ1) is 10.7. The minimum atomic E-state index is 0.541. The minimum absolute atomic E-state index is 0.541. The molecule has 1 heterocycles. The summed E-state index contributed by atoms with van der Waals surface area (Å²) >= 11 is 0. The van der Waals surface area contributed by atoms with E-state index in [-0.39, 0.29) is 0 Å². The molecule has 2 aromatic carbocycles. The molecular weight excluding hydrogens is 280 g/mol. The second-order valence-corrected chi connectivity index (χ2v) is 4.70. The van der Waals surface area contributed by atoms with Crippen LogP contribution in [0, 0.1) is 0 Å². The molecular formula is C16H16N4O2. The number of benzene rings is 2. The van der Waals surface area contributed by atoms with Gasteiger partial charge in [0, 0.05) is 13.1 Å². The first-order valence-corrected chi connectivity index (χ1v) is 6.78. The van der Waals surface area contributed by atoms with Crippen LogP contribution < -0.4 is 9.47 Å². The van der Waals surface area contributed by atoms with Crippen LogP contribution in [0.3, 0.4) is 0 Å². The van der Waals surface area contributed by atoms with E-state index in [1.54, 1.807) is 26.4 Å². The number of imidazole rings is 1. The minimum Gasteiger partial charge on any atom is -0.497 e. The van der Waals surface area contributed by atoms with Crippen molar-refractivity contribution in [3.63, 3.8) is 0 Å². The second-order valence-electron chi connectivity index (χ2n) is 4.70. The van der Waals surface area contributed by atoms with Gasteiger partial charge in [-0.25, -0.2) is 4.98 Å². The van der Waals surface area contributed by atoms with E-state index in [0.29, 0.717) is 23.1 Å². The Morgan fingerprint density at radius 1 is 1.00 bits per heavy atom. The summed E-state index contributed by atoms with van der Waals surface area (Å²) in [6.45, 7) is 0. The molecule has 0 aliphatic carbocycles. The molecule has 6 nitrogen and oxygen atoms in total. The summed E-state index contributed by atoms with van der Waals surface area (Å²) in [5.74, 6) is 1.85. The largest absolute Gasteiger partial charge is 0.497 e. The van der Waals surface area contributed by atoms with Crippen LogP contribution >= 0.6 is 0 Å². The summed E-state index contributed by atoms with van der Waals surface area (Å²) in [5.41, 5.74) is 2.52.